The average Bonchev–Trinajstić information content (AvgIpc) is 2.71. The van der Waals surface area contributed by atoms with Crippen molar-refractivity contribution in [1.29, 1.82) is 0 Å². The molecule has 1 saturated carbocycles. The summed E-state index contributed by atoms with van der Waals surface area (Å²) in [4.78, 5) is 24.6. The largest absolute Gasteiger partial charge is 0.481 e. The van der Waals surface area contributed by atoms with E-state index in [4.69, 9.17) is 5.11 Å². The number of nitrogens with zero attached hydrogens (tertiary/aromatic N) is 1. The molecule has 1 aliphatic rings. The summed E-state index contributed by atoms with van der Waals surface area (Å²) < 4.78 is 0. The van der Waals surface area contributed by atoms with E-state index in [0.717, 1.165) is 0 Å². The van der Waals surface area contributed by atoms with Crippen molar-refractivity contribution in [3.8, 4) is 0 Å². The predicted molar refractivity (Wildman–Crippen MR) is 56.3 cm³/mol. The second-order valence-corrected chi connectivity index (χ2v) is 4.63. The maximum absolute atomic E-state index is 12.0. The molecule has 0 spiro atoms. The molecule has 1 aliphatic carbocycles. The number of amides is 1. The minimum Gasteiger partial charge on any atom is -0.481 e. The van der Waals surface area contributed by atoms with Crippen LogP contribution in [-0.2, 0) is 9.59 Å². The number of carbonyl (C=O) groups excluding carboxylic acids is 1. The third-order valence-corrected chi connectivity index (χ3v) is 3.43. The number of carboxylic acid groups (broad SMARTS) is 1. The lowest BCUT2D eigenvalue weighted by Gasteiger charge is -2.19. The van der Waals surface area contributed by atoms with E-state index < -0.39 is 11.9 Å². The normalized spacial score (nSPS) is 27.2. The summed E-state index contributed by atoms with van der Waals surface area (Å²) >= 11 is 0. The van der Waals surface area contributed by atoms with Crippen molar-refractivity contribution in [2.24, 2.45) is 17.3 Å². The average molecular weight is 213 g/mol. The van der Waals surface area contributed by atoms with Crippen molar-refractivity contribution in [2.45, 2.75) is 27.7 Å². The summed E-state index contributed by atoms with van der Waals surface area (Å²) in [5.41, 5.74) is -0.383. The number of hydrogen-bond acceptors (Lipinski definition) is 2. The molecule has 4 heteroatoms. The van der Waals surface area contributed by atoms with Crippen LogP contribution in [0.2, 0.25) is 0 Å². The van der Waals surface area contributed by atoms with Gasteiger partial charge in [0.15, 0.2) is 0 Å². The van der Waals surface area contributed by atoms with Gasteiger partial charge in [-0.3, -0.25) is 9.59 Å². The number of carbonyl (C=O) groups is 2. The highest BCUT2D eigenvalue weighted by Crippen LogP contribution is 2.58. The fraction of sp³-hybridized carbons (Fsp3) is 0.818. The Morgan fingerprint density at radius 1 is 1.20 bits per heavy atom. The van der Waals surface area contributed by atoms with Crippen molar-refractivity contribution < 1.29 is 14.7 Å². The molecular weight excluding hydrogens is 194 g/mol. The minimum atomic E-state index is -0.856. The van der Waals surface area contributed by atoms with Crippen molar-refractivity contribution in [1.82, 2.24) is 4.90 Å². The van der Waals surface area contributed by atoms with Gasteiger partial charge in [-0.15, -0.1) is 0 Å². The van der Waals surface area contributed by atoms with E-state index in [2.05, 4.69) is 0 Å². The molecule has 4 nitrogen and oxygen atoms in total. The number of carboxylic acids is 1. The van der Waals surface area contributed by atoms with E-state index >= 15 is 0 Å². The van der Waals surface area contributed by atoms with E-state index in [1.807, 2.05) is 27.7 Å². The molecule has 86 valence electrons. The van der Waals surface area contributed by atoms with E-state index in [1.165, 1.54) is 0 Å². The molecule has 0 aromatic carbocycles. The Balaban J connectivity index is 2.75. The number of aliphatic carboxylic acids is 1. The van der Waals surface area contributed by atoms with Gasteiger partial charge in [0.1, 0.15) is 0 Å². The van der Waals surface area contributed by atoms with Gasteiger partial charge in [0.2, 0.25) is 5.91 Å². The predicted octanol–water partition coefficient (Wildman–Crippen LogP) is 1.21. The molecule has 1 amide bonds. The molecular formula is C11H19NO3. The molecule has 0 heterocycles. The van der Waals surface area contributed by atoms with Gasteiger partial charge in [-0.1, -0.05) is 13.8 Å². The summed E-state index contributed by atoms with van der Waals surface area (Å²) in [7, 11) is 0. The first-order valence-electron chi connectivity index (χ1n) is 5.39. The molecule has 1 fully saturated rings. The molecule has 0 aromatic heterocycles. The van der Waals surface area contributed by atoms with Crippen LogP contribution >= 0.6 is 0 Å². The van der Waals surface area contributed by atoms with Crippen molar-refractivity contribution in [3.05, 3.63) is 0 Å². The standard InChI is InChI=1S/C11H19NO3/c1-5-12(6-2)9(13)7-8(10(14)15)11(7,3)4/h7-8H,5-6H2,1-4H3,(H,14,15). The van der Waals surface area contributed by atoms with E-state index in [9.17, 15) is 9.59 Å². The molecule has 0 radical (unpaired) electrons. The van der Waals surface area contributed by atoms with Gasteiger partial charge in [0.05, 0.1) is 11.8 Å². The Morgan fingerprint density at radius 2 is 1.67 bits per heavy atom. The Morgan fingerprint density at radius 3 is 1.93 bits per heavy atom. The van der Waals surface area contributed by atoms with Gasteiger partial charge in [0.25, 0.3) is 0 Å². The first kappa shape index (κ1) is 12.0. The molecule has 2 atom stereocenters. The van der Waals surface area contributed by atoms with Crippen molar-refractivity contribution >= 4 is 11.9 Å². The molecule has 0 aromatic rings. The minimum absolute atomic E-state index is 0.0163. The quantitative estimate of drug-likeness (QED) is 0.763. The highest BCUT2D eigenvalue weighted by atomic mass is 16.4. The van der Waals surface area contributed by atoms with Gasteiger partial charge in [-0.25, -0.2) is 0 Å². The van der Waals surface area contributed by atoms with Crippen LogP contribution < -0.4 is 0 Å². The van der Waals surface area contributed by atoms with Gasteiger partial charge >= 0.3 is 5.97 Å². The smallest absolute Gasteiger partial charge is 0.307 e. The fourth-order valence-corrected chi connectivity index (χ4v) is 2.29. The monoisotopic (exact) mass is 213 g/mol. The summed E-state index contributed by atoms with van der Waals surface area (Å²) in [5.74, 6) is -1.72. The van der Waals surface area contributed by atoms with E-state index in [0.29, 0.717) is 13.1 Å². The van der Waals surface area contributed by atoms with Crippen LogP contribution in [0.15, 0.2) is 0 Å². The highest BCUT2D eigenvalue weighted by Gasteiger charge is 2.66. The van der Waals surface area contributed by atoms with Crippen LogP contribution in [0, 0.1) is 17.3 Å². The van der Waals surface area contributed by atoms with Gasteiger partial charge in [-0.05, 0) is 19.3 Å². The van der Waals surface area contributed by atoms with Gasteiger partial charge < -0.3 is 10.0 Å². The topological polar surface area (TPSA) is 57.6 Å². The van der Waals surface area contributed by atoms with Gasteiger partial charge in [-0.2, -0.15) is 0 Å². The second kappa shape index (κ2) is 3.83. The van der Waals surface area contributed by atoms with Crippen LogP contribution in [0.25, 0.3) is 0 Å². The lowest BCUT2D eigenvalue weighted by molar-refractivity contribution is -0.142. The van der Waals surface area contributed by atoms with Crippen LogP contribution in [0.5, 0.6) is 0 Å². The Hall–Kier alpha value is -1.06. The van der Waals surface area contributed by atoms with E-state index in [1.54, 1.807) is 4.90 Å². The first-order valence-corrected chi connectivity index (χ1v) is 5.39. The van der Waals surface area contributed by atoms with Crippen LogP contribution in [0.4, 0.5) is 0 Å². The zero-order chi connectivity index (χ0) is 11.8. The maximum atomic E-state index is 12.0. The fourth-order valence-electron chi connectivity index (χ4n) is 2.29. The summed E-state index contributed by atoms with van der Waals surface area (Å²) in [6.45, 7) is 8.80. The van der Waals surface area contributed by atoms with Crippen LogP contribution in [0.3, 0.4) is 0 Å². The molecule has 0 bridgehead atoms. The number of hydrogen-bond donors (Lipinski definition) is 1. The lowest BCUT2D eigenvalue weighted by Crippen LogP contribution is -2.33. The second-order valence-electron chi connectivity index (χ2n) is 4.63. The molecule has 15 heavy (non-hydrogen) atoms. The van der Waals surface area contributed by atoms with E-state index in [-0.39, 0.29) is 17.2 Å². The lowest BCUT2D eigenvalue weighted by atomic mass is 10.1. The molecule has 0 saturated heterocycles. The molecule has 1 N–H and O–H groups in total. The van der Waals surface area contributed by atoms with Crippen LogP contribution in [-0.4, -0.2) is 35.0 Å². The third-order valence-electron chi connectivity index (χ3n) is 3.43. The highest BCUT2D eigenvalue weighted by molar-refractivity contribution is 5.91. The summed E-state index contributed by atoms with van der Waals surface area (Å²) in [6.07, 6.45) is 0. The zero-order valence-corrected chi connectivity index (χ0v) is 9.78. The summed E-state index contributed by atoms with van der Waals surface area (Å²) in [6, 6.07) is 0. The first-order chi connectivity index (χ1) is 6.87. The SMILES string of the molecule is CCN(CC)C(=O)C1C(C(=O)O)C1(C)C. The molecule has 0 aliphatic heterocycles. The zero-order valence-electron chi connectivity index (χ0n) is 9.78. The van der Waals surface area contributed by atoms with Crippen molar-refractivity contribution in [2.75, 3.05) is 13.1 Å². The maximum Gasteiger partial charge on any atom is 0.307 e. The number of rotatable bonds is 4. The molecule has 1 rings (SSSR count). The molecule has 2 unspecified atom stereocenters. The van der Waals surface area contributed by atoms with Gasteiger partial charge in [0, 0.05) is 13.1 Å². The third kappa shape index (κ3) is 1.85. The summed E-state index contributed by atoms with van der Waals surface area (Å²) in [5, 5.41) is 8.96. The van der Waals surface area contributed by atoms with Crippen LogP contribution in [0.1, 0.15) is 27.7 Å². The Kier molecular flexibility index (Phi) is 3.07. The Labute approximate surface area is 90.3 Å². The Bertz CT molecular complexity index is 282. The van der Waals surface area contributed by atoms with Crippen molar-refractivity contribution in [3.63, 3.8) is 0 Å².